The molecule has 1 saturated heterocycles. The number of halogens is 1. The second-order valence-corrected chi connectivity index (χ2v) is 5.84. The number of anilines is 1. The molecule has 5 nitrogen and oxygen atoms in total. The fourth-order valence-corrected chi connectivity index (χ4v) is 2.62. The molecule has 1 aliphatic heterocycles. The molecule has 1 aliphatic rings. The topological polar surface area (TPSA) is 56.2 Å². The fraction of sp³-hybridized carbons (Fsp3) is 0.375. The molecule has 2 aromatic rings. The van der Waals surface area contributed by atoms with Gasteiger partial charge in [-0.25, -0.2) is 0 Å². The number of hydrogen-bond acceptors (Lipinski definition) is 3. The van der Waals surface area contributed by atoms with Crippen LogP contribution in [0.25, 0.3) is 0 Å². The van der Waals surface area contributed by atoms with Gasteiger partial charge in [0.15, 0.2) is 0 Å². The smallest absolute Gasteiger partial charge is 0.255 e. The summed E-state index contributed by atoms with van der Waals surface area (Å²) < 4.78 is 7.51. The summed E-state index contributed by atoms with van der Waals surface area (Å²) in [7, 11) is 0. The fourth-order valence-electron chi connectivity index (χ4n) is 2.49. The van der Waals surface area contributed by atoms with Crippen LogP contribution in [0.2, 0.25) is 5.02 Å². The lowest BCUT2D eigenvalue weighted by atomic mass is 10.1. The third-order valence-corrected chi connectivity index (χ3v) is 3.91. The molecule has 1 atom stereocenters. The lowest BCUT2D eigenvalue weighted by Crippen LogP contribution is -2.24. The minimum Gasteiger partial charge on any atom is -0.376 e. The first-order chi connectivity index (χ1) is 10.7. The summed E-state index contributed by atoms with van der Waals surface area (Å²) in [5.41, 5.74) is 1.24. The normalized spacial score (nSPS) is 18.1. The Morgan fingerprint density at radius 3 is 2.91 bits per heavy atom. The molecule has 0 saturated carbocycles. The summed E-state index contributed by atoms with van der Waals surface area (Å²) in [5.74, 6) is -0.176. The van der Waals surface area contributed by atoms with E-state index in [4.69, 9.17) is 16.3 Å². The molecule has 3 rings (SSSR count). The van der Waals surface area contributed by atoms with Crippen molar-refractivity contribution in [3.8, 4) is 0 Å². The molecule has 2 heterocycles. The number of hydrogen-bond donors (Lipinski definition) is 1. The zero-order valence-corrected chi connectivity index (χ0v) is 12.9. The van der Waals surface area contributed by atoms with Gasteiger partial charge in [-0.15, -0.1) is 0 Å². The molecule has 1 amide bonds. The second kappa shape index (κ2) is 6.94. The zero-order chi connectivity index (χ0) is 15.4. The van der Waals surface area contributed by atoms with Crippen molar-refractivity contribution in [2.45, 2.75) is 31.9 Å². The monoisotopic (exact) mass is 319 g/mol. The van der Waals surface area contributed by atoms with Crippen LogP contribution in [-0.2, 0) is 11.3 Å². The van der Waals surface area contributed by atoms with E-state index >= 15 is 0 Å². The summed E-state index contributed by atoms with van der Waals surface area (Å²) in [5, 5.41) is 7.71. The molecule has 22 heavy (non-hydrogen) atoms. The van der Waals surface area contributed by atoms with Gasteiger partial charge >= 0.3 is 0 Å². The largest absolute Gasteiger partial charge is 0.376 e. The van der Waals surface area contributed by atoms with Gasteiger partial charge in [0, 0.05) is 23.4 Å². The van der Waals surface area contributed by atoms with E-state index in [1.807, 2.05) is 10.9 Å². The SMILES string of the molecule is O=C(Nc1cnn(CC2CCCCO2)c1)c1ccc(Cl)cc1. The van der Waals surface area contributed by atoms with E-state index in [0.717, 1.165) is 26.0 Å². The Kier molecular flexibility index (Phi) is 4.75. The molecule has 0 radical (unpaired) electrons. The number of amides is 1. The van der Waals surface area contributed by atoms with Gasteiger partial charge < -0.3 is 10.1 Å². The molecule has 1 unspecified atom stereocenters. The van der Waals surface area contributed by atoms with Crippen LogP contribution >= 0.6 is 11.6 Å². The van der Waals surface area contributed by atoms with Crippen molar-refractivity contribution >= 4 is 23.2 Å². The molecule has 1 fully saturated rings. The second-order valence-electron chi connectivity index (χ2n) is 5.40. The Morgan fingerprint density at radius 1 is 1.36 bits per heavy atom. The third kappa shape index (κ3) is 3.87. The summed E-state index contributed by atoms with van der Waals surface area (Å²) in [6.07, 6.45) is 7.09. The maximum Gasteiger partial charge on any atom is 0.255 e. The van der Waals surface area contributed by atoms with Crippen LogP contribution in [0.1, 0.15) is 29.6 Å². The highest BCUT2D eigenvalue weighted by atomic mass is 35.5. The Balaban J connectivity index is 1.58. The number of carbonyl (C=O) groups excluding carboxylic acids is 1. The molecule has 116 valence electrons. The first kappa shape index (κ1) is 15.1. The molecule has 0 aliphatic carbocycles. The maximum absolute atomic E-state index is 12.1. The highest BCUT2D eigenvalue weighted by molar-refractivity contribution is 6.30. The first-order valence-electron chi connectivity index (χ1n) is 7.42. The van der Waals surface area contributed by atoms with Crippen molar-refractivity contribution in [2.24, 2.45) is 0 Å². The Morgan fingerprint density at radius 2 is 2.18 bits per heavy atom. The predicted molar refractivity (Wildman–Crippen MR) is 85.2 cm³/mol. The average Bonchev–Trinajstić information content (AvgIpc) is 2.96. The Hall–Kier alpha value is -1.85. The first-order valence-corrected chi connectivity index (χ1v) is 7.79. The number of carbonyl (C=O) groups is 1. The maximum atomic E-state index is 12.1. The molecule has 1 aromatic carbocycles. The number of nitrogens with one attached hydrogen (secondary N) is 1. The van der Waals surface area contributed by atoms with Crippen LogP contribution in [0.3, 0.4) is 0 Å². The molecular weight excluding hydrogens is 302 g/mol. The highest BCUT2D eigenvalue weighted by Gasteiger charge is 2.15. The standard InChI is InChI=1S/C16H18ClN3O2/c17-13-6-4-12(5-7-13)16(21)19-14-9-18-20(10-14)11-15-3-1-2-8-22-15/h4-7,9-10,15H,1-3,8,11H2,(H,19,21). The van der Waals surface area contributed by atoms with Crippen molar-refractivity contribution in [3.63, 3.8) is 0 Å². The summed E-state index contributed by atoms with van der Waals surface area (Å²) in [6.45, 7) is 1.54. The molecular formula is C16H18ClN3O2. The molecule has 0 bridgehead atoms. The van der Waals surface area contributed by atoms with Gasteiger partial charge in [-0.2, -0.15) is 5.10 Å². The van der Waals surface area contributed by atoms with E-state index < -0.39 is 0 Å². The minimum absolute atomic E-state index is 0.176. The number of aromatic nitrogens is 2. The van der Waals surface area contributed by atoms with Crippen molar-refractivity contribution in [2.75, 3.05) is 11.9 Å². The quantitative estimate of drug-likeness (QED) is 0.940. The van der Waals surface area contributed by atoms with E-state index in [2.05, 4.69) is 10.4 Å². The van der Waals surface area contributed by atoms with Crippen LogP contribution in [0.15, 0.2) is 36.7 Å². The number of nitrogens with zero attached hydrogens (tertiary/aromatic N) is 2. The van der Waals surface area contributed by atoms with Crippen LogP contribution in [0, 0.1) is 0 Å². The van der Waals surface area contributed by atoms with E-state index in [0.29, 0.717) is 16.3 Å². The minimum atomic E-state index is -0.176. The van der Waals surface area contributed by atoms with Gasteiger partial charge in [0.2, 0.25) is 0 Å². The van der Waals surface area contributed by atoms with Crippen molar-refractivity contribution in [1.82, 2.24) is 9.78 Å². The van der Waals surface area contributed by atoms with Crippen molar-refractivity contribution < 1.29 is 9.53 Å². The van der Waals surface area contributed by atoms with Crippen molar-refractivity contribution in [3.05, 3.63) is 47.2 Å². The highest BCUT2D eigenvalue weighted by Crippen LogP contribution is 2.16. The summed E-state index contributed by atoms with van der Waals surface area (Å²) in [4.78, 5) is 12.1. The van der Waals surface area contributed by atoms with E-state index in [9.17, 15) is 4.79 Å². The number of rotatable bonds is 4. The Labute approximate surface area is 134 Å². The lowest BCUT2D eigenvalue weighted by molar-refractivity contribution is 0.00401. The van der Waals surface area contributed by atoms with E-state index in [1.54, 1.807) is 30.5 Å². The molecule has 6 heteroatoms. The predicted octanol–water partition coefficient (Wildman–Crippen LogP) is 3.36. The van der Waals surface area contributed by atoms with Crippen LogP contribution in [0.4, 0.5) is 5.69 Å². The molecule has 1 aromatic heterocycles. The van der Waals surface area contributed by atoms with Gasteiger partial charge in [0.25, 0.3) is 5.91 Å². The van der Waals surface area contributed by atoms with Gasteiger partial charge in [-0.1, -0.05) is 11.6 Å². The third-order valence-electron chi connectivity index (χ3n) is 3.66. The van der Waals surface area contributed by atoms with Gasteiger partial charge in [-0.3, -0.25) is 9.48 Å². The van der Waals surface area contributed by atoms with E-state index in [1.165, 1.54) is 6.42 Å². The number of ether oxygens (including phenoxy) is 1. The number of benzene rings is 1. The summed E-state index contributed by atoms with van der Waals surface area (Å²) >= 11 is 5.82. The van der Waals surface area contributed by atoms with Crippen LogP contribution in [0.5, 0.6) is 0 Å². The van der Waals surface area contributed by atoms with E-state index in [-0.39, 0.29) is 12.0 Å². The lowest BCUT2D eigenvalue weighted by Gasteiger charge is -2.22. The summed E-state index contributed by atoms with van der Waals surface area (Å²) in [6, 6.07) is 6.77. The zero-order valence-electron chi connectivity index (χ0n) is 12.2. The Bertz CT molecular complexity index is 633. The average molecular weight is 320 g/mol. The van der Waals surface area contributed by atoms with Gasteiger partial charge in [0.05, 0.1) is 24.5 Å². The molecule has 1 N–H and O–H groups in total. The van der Waals surface area contributed by atoms with Gasteiger partial charge in [0.1, 0.15) is 0 Å². The van der Waals surface area contributed by atoms with Crippen molar-refractivity contribution in [1.29, 1.82) is 0 Å². The van der Waals surface area contributed by atoms with Gasteiger partial charge in [-0.05, 0) is 43.5 Å². The van der Waals surface area contributed by atoms with Crippen LogP contribution < -0.4 is 5.32 Å². The van der Waals surface area contributed by atoms with Crippen LogP contribution in [-0.4, -0.2) is 28.4 Å². The molecule has 0 spiro atoms.